The van der Waals surface area contributed by atoms with E-state index in [-0.39, 0.29) is 11.6 Å². The Balaban J connectivity index is 1.60. The Morgan fingerprint density at radius 2 is 1.85 bits per heavy atom. The number of hydrogen-bond donors (Lipinski definition) is 1. The van der Waals surface area contributed by atoms with Crippen LogP contribution in [-0.2, 0) is 6.54 Å². The first-order chi connectivity index (χ1) is 16.6. The number of nitrogens with zero attached hydrogens (tertiary/aromatic N) is 6. The van der Waals surface area contributed by atoms with Crippen molar-refractivity contribution >= 4 is 10.9 Å². The van der Waals surface area contributed by atoms with Gasteiger partial charge in [0, 0.05) is 42.6 Å². The summed E-state index contributed by atoms with van der Waals surface area (Å²) in [5.41, 5.74) is 2.38. The molecule has 1 atom stereocenters. The number of piperazine rings is 1. The fraction of sp³-hybridized carbons (Fsp3) is 0.360. The molecule has 2 aromatic heterocycles. The number of rotatable bonds is 7. The van der Waals surface area contributed by atoms with Gasteiger partial charge in [0.05, 0.1) is 13.2 Å². The number of fused-ring (bicyclic) bond motifs is 1. The molecule has 0 spiro atoms. The number of pyridine rings is 1. The monoisotopic (exact) mass is 459 g/mol. The average molecular weight is 460 g/mol. The first-order valence-corrected chi connectivity index (χ1v) is 11.6. The number of ether oxygens (including phenoxy) is 1. The van der Waals surface area contributed by atoms with Crippen molar-refractivity contribution in [2.24, 2.45) is 0 Å². The summed E-state index contributed by atoms with van der Waals surface area (Å²) < 4.78 is 7.49. The molecule has 1 aliphatic heterocycles. The van der Waals surface area contributed by atoms with E-state index in [2.05, 4.69) is 49.5 Å². The molecule has 0 aliphatic carbocycles. The van der Waals surface area contributed by atoms with Gasteiger partial charge in [0.1, 0.15) is 11.8 Å². The van der Waals surface area contributed by atoms with Crippen LogP contribution in [0.25, 0.3) is 10.9 Å². The predicted molar refractivity (Wildman–Crippen MR) is 130 cm³/mol. The second-order valence-corrected chi connectivity index (χ2v) is 8.66. The lowest BCUT2D eigenvalue weighted by atomic mass is 10.0. The van der Waals surface area contributed by atoms with Crippen molar-refractivity contribution in [1.29, 1.82) is 0 Å². The Hall–Kier alpha value is -3.56. The van der Waals surface area contributed by atoms with Crippen LogP contribution in [0.4, 0.5) is 0 Å². The van der Waals surface area contributed by atoms with Crippen LogP contribution >= 0.6 is 0 Å². The van der Waals surface area contributed by atoms with Crippen LogP contribution in [0.1, 0.15) is 29.9 Å². The van der Waals surface area contributed by atoms with E-state index < -0.39 is 0 Å². The maximum absolute atomic E-state index is 13.4. The third-order valence-electron chi connectivity index (χ3n) is 6.33. The van der Waals surface area contributed by atoms with E-state index in [4.69, 9.17) is 4.74 Å². The van der Waals surface area contributed by atoms with Crippen molar-refractivity contribution in [1.82, 2.24) is 35.0 Å². The number of hydrogen-bond acceptors (Lipinski definition) is 7. The fourth-order valence-electron chi connectivity index (χ4n) is 4.52. The number of likely N-dealkylation sites (N-methyl/N-ethyl adjacent to an activating group) is 1. The van der Waals surface area contributed by atoms with Crippen LogP contribution in [-0.4, -0.2) is 74.8 Å². The Morgan fingerprint density at radius 3 is 2.62 bits per heavy atom. The summed E-state index contributed by atoms with van der Waals surface area (Å²) in [6.45, 7) is 6.53. The molecule has 1 N–H and O–H groups in total. The molecule has 1 fully saturated rings. The molecule has 5 rings (SSSR count). The molecule has 0 unspecified atom stereocenters. The molecule has 0 amide bonds. The van der Waals surface area contributed by atoms with Gasteiger partial charge in [-0.25, -0.2) is 4.68 Å². The molecule has 0 bridgehead atoms. The molecule has 34 heavy (non-hydrogen) atoms. The van der Waals surface area contributed by atoms with Crippen molar-refractivity contribution < 1.29 is 4.74 Å². The summed E-state index contributed by atoms with van der Waals surface area (Å²) in [4.78, 5) is 21.0. The number of tetrazole rings is 1. The Kier molecular flexibility index (Phi) is 6.37. The Bertz CT molecular complexity index is 1310. The summed E-state index contributed by atoms with van der Waals surface area (Å²) in [6, 6.07) is 17.4. The lowest BCUT2D eigenvalue weighted by Gasteiger charge is -2.37. The lowest BCUT2D eigenvalue weighted by molar-refractivity contribution is 0.121. The summed E-state index contributed by atoms with van der Waals surface area (Å²) in [5, 5.41) is 13.6. The van der Waals surface area contributed by atoms with Crippen LogP contribution in [0.3, 0.4) is 0 Å². The third kappa shape index (κ3) is 4.57. The quantitative estimate of drug-likeness (QED) is 0.453. The number of nitrogens with one attached hydrogen (secondary N) is 1. The Labute approximate surface area is 198 Å². The summed E-state index contributed by atoms with van der Waals surface area (Å²) in [7, 11) is 2.11. The van der Waals surface area contributed by atoms with E-state index in [9.17, 15) is 4.79 Å². The second kappa shape index (κ2) is 9.74. The number of H-pyrrole nitrogens is 1. The minimum absolute atomic E-state index is 0.130. The van der Waals surface area contributed by atoms with Crippen molar-refractivity contribution in [3.63, 3.8) is 0 Å². The van der Waals surface area contributed by atoms with Gasteiger partial charge in [0.25, 0.3) is 5.56 Å². The smallest absolute Gasteiger partial charge is 0.253 e. The topological polar surface area (TPSA) is 92.2 Å². The highest BCUT2D eigenvalue weighted by Crippen LogP contribution is 2.29. The molecule has 1 saturated heterocycles. The largest absolute Gasteiger partial charge is 0.494 e. The molecular formula is C25H29N7O2. The van der Waals surface area contributed by atoms with Gasteiger partial charge in [-0.1, -0.05) is 30.3 Å². The minimum atomic E-state index is -0.365. The van der Waals surface area contributed by atoms with Gasteiger partial charge in [-0.05, 0) is 54.2 Å². The zero-order valence-corrected chi connectivity index (χ0v) is 19.5. The van der Waals surface area contributed by atoms with Crippen LogP contribution in [0.15, 0.2) is 59.4 Å². The average Bonchev–Trinajstić information content (AvgIpc) is 3.29. The maximum Gasteiger partial charge on any atom is 0.253 e. The fourth-order valence-corrected chi connectivity index (χ4v) is 4.52. The molecular weight excluding hydrogens is 430 g/mol. The maximum atomic E-state index is 13.4. The van der Waals surface area contributed by atoms with Crippen LogP contribution in [0, 0.1) is 0 Å². The van der Waals surface area contributed by atoms with Gasteiger partial charge in [0.2, 0.25) is 0 Å². The van der Waals surface area contributed by atoms with Crippen molar-refractivity contribution in [2.75, 3.05) is 39.8 Å². The standard InChI is InChI=1S/C25H29N7O2/c1-3-34-20-9-10-22-19(15-20)16-21(25(33)26-22)23(31-13-11-30(2)12-14-31)24-27-28-29-32(24)17-18-7-5-4-6-8-18/h4-10,15-16,23H,3,11-14,17H2,1-2H3,(H,26,33)/t23-/m1/s1. The predicted octanol–water partition coefficient (Wildman–Crippen LogP) is 2.30. The van der Waals surface area contributed by atoms with E-state index in [1.807, 2.05) is 49.4 Å². The van der Waals surface area contributed by atoms with Crippen LogP contribution in [0.2, 0.25) is 0 Å². The molecule has 4 aromatic rings. The SMILES string of the molecule is CCOc1ccc2[nH]c(=O)c([C@H](c3nnnn3Cc3ccccc3)N3CCN(C)CC3)cc2c1. The molecule has 9 nitrogen and oxygen atoms in total. The van der Waals surface area contributed by atoms with Gasteiger partial charge in [-0.3, -0.25) is 9.69 Å². The molecule has 0 radical (unpaired) electrons. The van der Waals surface area contributed by atoms with E-state index >= 15 is 0 Å². The first kappa shape index (κ1) is 22.2. The molecule has 3 heterocycles. The Morgan fingerprint density at radius 1 is 1.06 bits per heavy atom. The lowest BCUT2D eigenvalue weighted by Crippen LogP contribution is -2.47. The van der Waals surface area contributed by atoms with E-state index in [0.717, 1.165) is 48.4 Å². The third-order valence-corrected chi connectivity index (χ3v) is 6.33. The van der Waals surface area contributed by atoms with Crippen LogP contribution < -0.4 is 10.3 Å². The molecule has 176 valence electrons. The highest BCUT2D eigenvalue weighted by molar-refractivity contribution is 5.80. The first-order valence-electron chi connectivity index (χ1n) is 11.6. The highest BCUT2D eigenvalue weighted by Gasteiger charge is 2.32. The van der Waals surface area contributed by atoms with Crippen molar-refractivity contribution in [2.45, 2.75) is 19.5 Å². The summed E-state index contributed by atoms with van der Waals surface area (Å²) in [6.07, 6.45) is 0. The molecule has 9 heteroatoms. The normalized spacial score (nSPS) is 16.1. The van der Waals surface area contributed by atoms with Gasteiger partial charge < -0.3 is 14.6 Å². The summed E-state index contributed by atoms with van der Waals surface area (Å²) in [5.74, 6) is 1.44. The highest BCUT2D eigenvalue weighted by atomic mass is 16.5. The molecule has 2 aromatic carbocycles. The van der Waals surface area contributed by atoms with Gasteiger partial charge in [-0.15, -0.1) is 5.10 Å². The zero-order valence-electron chi connectivity index (χ0n) is 19.5. The van der Waals surface area contributed by atoms with Crippen molar-refractivity contribution in [3.05, 3.63) is 81.9 Å². The zero-order chi connectivity index (χ0) is 23.5. The number of aromatic nitrogens is 5. The number of benzene rings is 2. The van der Waals surface area contributed by atoms with E-state index in [1.54, 1.807) is 4.68 Å². The van der Waals surface area contributed by atoms with Gasteiger partial charge in [0.15, 0.2) is 5.82 Å². The van der Waals surface area contributed by atoms with E-state index in [0.29, 0.717) is 24.5 Å². The van der Waals surface area contributed by atoms with Gasteiger partial charge in [-0.2, -0.15) is 0 Å². The van der Waals surface area contributed by atoms with Gasteiger partial charge >= 0.3 is 0 Å². The summed E-state index contributed by atoms with van der Waals surface area (Å²) >= 11 is 0. The number of aromatic amines is 1. The van der Waals surface area contributed by atoms with Crippen LogP contribution in [0.5, 0.6) is 5.75 Å². The molecule has 0 saturated carbocycles. The second-order valence-electron chi connectivity index (χ2n) is 8.66. The van der Waals surface area contributed by atoms with E-state index in [1.165, 1.54) is 0 Å². The van der Waals surface area contributed by atoms with Crippen molar-refractivity contribution in [3.8, 4) is 5.75 Å². The minimum Gasteiger partial charge on any atom is -0.494 e. The molecule has 1 aliphatic rings.